The van der Waals surface area contributed by atoms with E-state index in [1.54, 1.807) is 0 Å². The zero-order chi connectivity index (χ0) is 4.99. The van der Waals surface area contributed by atoms with E-state index >= 15 is 0 Å². The van der Waals surface area contributed by atoms with Gasteiger partial charge in [-0.3, -0.25) is 0 Å². The summed E-state index contributed by atoms with van der Waals surface area (Å²) in [6, 6.07) is 0. The molecule has 34 valence electrons. The Morgan fingerprint density at radius 3 is 2.14 bits per heavy atom. The number of carboxylic acid groups (broad SMARTS) is 1. The topological polar surface area (TPSA) is 60.4 Å². The molecule has 0 aliphatic rings. The number of carbonyl (C=O) groups excluding carboxylic acids is 1. The van der Waals surface area contributed by atoms with Crippen LogP contribution in [0.1, 0.15) is 0 Å². The van der Waals surface area contributed by atoms with Crippen molar-refractivity contribution in [1.82, 2.24) is 0 Å². The van der Waals surface area contributed by atoms with Crippen LogP contribution in [0, 0.1) is 0 Å². The second-order valence-corrected chi connectivity index (χ2v) is 0.635. The summed E-state index contributed by atoms with van der Waals surface area (Å²) in [4.78, 5) is 9.24. The minimum atomic E-state index is -1.39. The summed E-state index contributed by atoms with van der Waals surface area (Å²) in [7, 11) is 0. The minimum absolute atomic E-state index is 0. The third-order valence-corrected chi connectivity index (χ3v) is 0.211. The van der Waals surface area contributed by atoms with Gasteiger partial charge in [-0.1, -0.05) is 0 Å². The van der Waals surface area contributed by atoms with E-state index in [2.05, 4.69) is 0 Å². The smallest absolute Gasteiger partial charge is 0.545 e. The Morgan fingerprint density at radius 1 is 1.71 bits per heavy atom. The van der Waals surface area contributed by atoms with Crippen molar-refractivity contribution in [3.05, 3.63) is 12.3 Å². The fourth-order valence-corrected chi connectivity index (χ4v) is 0.0609. The van der Waals surface area contributed by atoms with Gasteiger partial charge in [0.2, 0.25) is 0 Å². The number of hydrogen-bond donors (Lipinski definition) is 1. The van der Waals surface area contributed by atoms with E-state index in [4.69, 9.17) is 5.11 Å². The number of hydrogen-bond acceptors (Lipinski definition) is 3. The van der Waals surface area contributed by atoms with E-state index in [1.807, 2.05) is 0 Å². The molecular formula is C3H3KO3. The van der Waals surface area contributed by atoms with Crippen molar-refractivity contribution < 1.29 is 66.4 Å². The van der Waals surface area contributed by atoms with Crippen molar-refractivity contribution in [2.45, 2.75) is 0 Å². The molecule has 0 aromatic rings. The largest absolute Gasteiger partial charge is 1.00 e. The molecule has 0 fully saturated rings. The first kappa shape index (κ1) is 10.6. The van der Waals surface area contributed by atoms with Crippen molar-refractivity contribution in [3.8, 4) is 0 Å². The van der Waals surface area contributed by atoms with Crippen LogP contribution in [0.25, 0.3) is 0 Å². The van der Waals surface area contributed by atoms with Crippen molar-refractivity contribution in [3.63, 3.8) is 0 Å². The van der Waals surface area contributed by atoms with Gasteiger partial charge in [-0.25, -0.2) is 0 Å². The van der Waals surface area contributed by atoms with Crippen LogP contribution < -0.4 is 56.5 Å². The molecule has 3 nitrogen and oxygen atoms in total. The average molecular weight is 126 g/mol. The Balaban J connectivity index is 0. The Bertz CT molecular complexity index is 78.2. The van der Waals surface area contributed by atoms with E-state index in [-0.39, 0.29) is 51.4 Å². The molecule has 0 spiro atoms. The summed E-state index contributed by atoms with van der Waals surface area (Å²) < 4.78 is 0. The van der Waals surface area contributed by atoms with Crippen molar-refractivity contribution in [1.29, 1.82) is 0 Å². The predicted octanol–water partition coefficient (Wildman–Crippen LogP) is -4.19. The van der Waals surface area contributed by atoms with Crippen molar-refractivity contribution in [2.75, 3.05) is 0 Å². The molecule has 0 heterocycles. The fraction of sp³-hybridized carbons (Fsp3) is 0. The number of rotatable bonds is 1. The second-order valence-electron chi connectivity index (χ2n) is 0.635. The molecule has 0 rings (SSSR count). The first-order valence-corrected chi connectivity index (χ1v) is 1.29. The molecule has 1 N–H and O–H groups in total. The van der Waals surface area contributed by atoms with Gasteiger partial charge in [0.05, 0.1) is 12.2 Å². The second kappa shape index (κ2) is 6.65. The average Bonchev–Trinajstić information content (AvgIpc) is 1.35. The molecule has 0 aromatic heterocycles. The third kappa shape index (κ3) is 10.8. The van der Waals surface area contributed by atoms with Gasteiger partial charge < -0.3 is 15.0 Å². The molecule has 0 saturated heterocycles. The third-order valence-electron chi connectivity index (χ3n) is 0.211. The number of aliphatic carboxylic acids is 1. The van der Waals surface area contributed by atoms with Crippen LogP contribution in [0.4, 0.5) is 0 Å². The molecule has 0 radical (unpaired) electrons. The zero-order valence-electron chi connectivity index (χ0n) is 3.92. The van der Waals surface area contributed by atoms with Crippen LogP contribution in [0.15, 0.2) is 12.3 Å². The summed E-state index contributed by atoms with van der Waals surface area (Å²) in [6.45, 7) is 0. The predicted molar refractivity (Wildman–Crippen MR) is 16.8 cm³/mol. The minimum Gasteiger partial charge on any atom is -0.545 e. The molecule has 0 amide bonds. The monoisotopic (exact) mass is 126 g/mol. The van der Waals surface area contributed by atoms with E-state index in [0.717, 1.165) is 0 Å². The maximum Gasteiger partial charge on any atom is 1.00 e. The Labute approximate surface area is 83.5 Å². The number of carbonyl (C=O) groups is 1. The van der Waals surface area contributed by atoms with Gasteiger partial charge in [0.1, 0.15) is 0 Å². The summed E-state index contributed by atoms with van der Waals surface area (Å²) in [5, 5.41) is 16.9. The van der Waals surface area contributed by atoms with Gasteiger partial charge in [-0.05, 0) is 6.08 Å². The van der Waals surface area contributed by atoms with Crippen LogP contribution in [-0.2, 0) is 4.79 Å². The SMILES string of the molecule is O=C([O-])C=CO.[K+]. The molecule has 7 heavy (non-hydrogen) atoms. The van der Waals surface area contributed by atoms with Gasteiger partial charge in [0.15, 0.2) is 0 Å². The quantitative estimate of drug-likeness (QED) is 0.220. The standard InChI is InChI=1S/C3H4O3.K/c4-2-1-3(5)6;/h1-2,4H,(H,5,6);/q;+1/p-1. The maximum absolute atomic E-state index is 9.24. The van der Waals surface area contributed by atoms with E-state index in [9.17, 15) is 9.90 Å². The maximum atomic E-state index is 9.24. The van der Waals surface area contributed by atoms with Crippen molar-refractivity contribution in [2.24, 2.45) is 0 Å². The molecule has 0 aromatic carbocycles. The van der Waals surface area contributed by atoms with Gasteiger partial charge in [-0.2, -0.15) is 0 Å². The summed E-state index contributed by atoms with van der Waals surface area (Å²) >= 11 is 0. The number of aliphatic hydroxyl groups excluding tert-OH is 1. The van der Waals surface area contributed by atoms with E-state index in [0.29, 0.717) is 12.3 Å². The van der Waals surface area contributed by atoms with Crippen LogP contribution >= 0.6 is 0 Å². The van der Waals surface area contributed by atoms with Crippen LogP contribution in [0.3, 0.4) is 0 Å². The molecule has 0 bridgehead atoms. The normalized spacial score (nSPS) is 8.00. The molecule has 0 saturated carbocycles. The Kier molecular flexibility index (Phi) is 10.1. The van der Waals surface area contributed by atoms with Crippen LogP contribution in [-0.4, -0.2) is 11.1 Å². The molecular weight excluding hydrogens is 123 g/mol. The van der Waals surface area contributed by atoms with Gasteiger partial charge in [-0.15, -0.1) is 0 Å². The van der Waals surface area contributed by atoms with E-state index in [1.165, 1.54) is 0 Å². The fourth-order valence-electron chi connectivity index (χ4n) is 0.0609. The van der Waals surface area contributed by atoms with Gasteiger partial charge in [0.25, 0.3) is 0 Å². The molecule has 4 heteroatoms. The molecule has 0 atom stereocenters. The Morgan fingerprint density at radius 2 is 2.14 bits per heavy atom. The summed E-state index contributed by atoms with van der Waals surface area (Å²) in [5.74, 6) is -1.39. The first-order chi connectivity index (χ1) is 2.77. The first-order valence-electron chi connectivity index (χ1n) is 1.29. The molecule has 0 unspecified atom stereocenters. The molecule has 0 aliphatic heterocycles. The molecule has 0 aliphatic carbocycles. The summed E-state index contributed by atoms with van der Waals surface area (Å²) in [6.07, 6.45) is 0.940. The van der Waals surface area contributed by atoms with Crippen LogP contribution in [0.2, 0.25) is 0 Å². The Hall–Kier alpha value is 0.646. The summed E-state index contributed by atoms with van der Waals surface area (Å²) in [5.41, 5.74) is 0. The van der Waals surface area contributed by atoms with Gasteiger partial charge in [0, 0.05) is 0 Å². The number of aliphatic hydroxyl groups is 1. The zero-order valence-corrected chi connectivity index (χ0v) is 7.04. The van der Waals surface area contributed by atoms with Gasteiger partial charge >= 0.3 is 51.4 Å². The number of carboxylic acids is 1. The van der Waals surface area contributed by atoms with Crippen molar-refractivity contribution >= 4 is 5.97 Å². The van der Waals surface area contributed by atoms with Crippen LogP contribution in [0.5, 0.6) is 0 Å². The van der Waals surface area contributed by atoms with E-state index < -0.39 is 5.97 Å².